The smallest absolute Gasteiger partial charge is 0.266 e. The van der Waals surface area contributed by atoms with Crippen molar-refractivity contribution in [3.05, 3.63) is 94.0 Å². The molecule has 0 saturated heterocycles. The number of carbonyl (C=O) groups excluding carboxylic acids is 1. The highest BCUT2D eigenvalue weighted by molar-refractivity contribution is 9.10. The third kappa shape index (κ3) is 6.46. The lowest BCUT2D eigenvalue weighted by atomic mass is 10.1. The summed E-state index contributed by atoms with van der Waals surface area (Å²) in [7, 11) is 0. The number of hydrogen-bond acceptors (Lipinski definition) is 4. The quantitative estimate of drug-likeness (QED) is 0.321. The summed E-state index contributed by atoms with van der Waals surface area (Å²) in [4.78, 5) is 12.5. The minimum Gasteiger partial charge on any atom is -0.494 e. The number of hydrogen-bond donors (Lipinski definition) is 1. The Morgan fingerprint density at radius 1 is 1.06 bits per heavy atom. The minimum absolute atomic E-state index is 0.00772. The molecule has 0 aromatic heterocycles. The van der Waals surface area contributed by atoms with Gasteiger partial charge in [-0.15, -0.1) is 0 Å². The van der Waals surface area contributed by atoms with E-state index in [1.54, 1.807) is 42.5 Å². The highest BCUT2D eigenvalue weighted by atomic mass is 79.9. The first-order valence-corrected chi connectivity index (χ1v) is 10.5. The fraction of sp³-hybridized carbons (Fsp3) is 0.120. The van der Waals surface area contributed by atoms with E-state index >= 15 is 0 Å². The van der Waals surface area contributed by atoms with E-state index in [4.69, 9.17) is 9.47 Å². The second kappa shape index (κ2) is 11.0. The van der Waals surface area contributed by atoms with Gasteiger partial charge in [-0.2, -0.15) is 5.26 Å². The largest absolute Gasteiger partial charge is 0.494 e. The van der Waals surface area contributed by atoms with E-state index < -0.39 is 5.91 Å². The van der Waals surface area contributed by atoms with Crippen molar-refractivity contribution < 1.29 is 14.3 Å². The van der Waals surface area contributed by atoms with Crippen molar-refractivity contribution >= 4 is 33.6 Å². The van der Waals surface area contributed by atoms with Gasteiger partial charge in [-0.1, -0.05) is 42.5 Å². The molecule has 1 amide bonds. The lowest BCUT2D eigenvalue weighted by molar-refractivity contribution is -0.112. The van der Waals surface area contributed by atoms with Crippen LogP contribution in [0.5, 0.6) is 11.5 Å². The number of rotatable bonds is 8. The van der Waals surface area contributed by atoms with Gasteiger partial charge in [-0.25, -0.2) is 0 Å². The predicted molar refractivity (Wildman–Crippen MR) is 125 cm³/mol. The van der Waals surface area contributed by atoms with Gasteiger partial charge in [0.25, 0.3) is 5.91 Å². The summed E-state index contributed by atoms with van der Waals surface area (Å²) in [5, 5.41) is 12.2. The van der Waals surface area contributed by atoms with Gasteiger partial charge in [0, 0.05) is 11.8 Å². The van der Waals surface area contributed by atoms with Crippen LogP contribution in [0.25, 0.3) is 6.08 Å². The van der Waals surface area contributed by atoms with Crippen molar-refractivity contribution in [3.63, 3.8) is 0 Å². The molecule has 0 aliphatic rings. The first-order chi connectivity index (χ1) is 15.1. The fourth-order valence-electron chi connectivity index (χ4n) is 2.80. The molecule has 31 heavy (non-hydrogen) atoms. The average molecular weight is 477 g/mol. The molecule has 3 aromatic rings. The Hall–Kier alpha value is -3.56. The lowest BCUT2D eigenvalue weighted by Gasteiger charge is -2.09. The summed E-state index contributed by atoms with van der Waals surface area (Å²) in [6.07, 6.45) is 1.54. The van der Waals surface area contributed by atoms with Crippen molar-refractivity contribution in [2.24, 2.45) is 0 Å². The van der Waals surface area contributed by atoms with Crippen molar-refractivity contribution in [1.82, 2.24) is 0 Å². The van der Waals surface area contributed by atoms with Gasteiger partial charge >= 0.3 is 0 Å². The number of nitrogens with one attached hydrogen (secondary N) is 1. The van der Waals surface area contributed by atoms with Crippen LogP contribution in [0.15, 0.2) is 82.8 Å². The predicted octanol–water partition coefficient (Wildman–Crippen LogP) is 5.97. The monoisotopic (exact) mass is 476 g/mol. The van der Waals surface area contributed by atoms with Crippen LogP contribution >= 0.6 is 15.9 Å². The highest BCUT2D eigenvalue weighted by Crippen LogP contribution is 2.28. The number of nitrogens with zero attached hydrogens (tertiary/aromatic N) is 1. The standard InChI is InChI=1S/C25H21BrN2O3/c1-2-30-22-10-6-9-21(15-22)28-25(29)20(16-27)13-19-11-12-24(23(26)14-19)31-17-18-7-4-3-5-8-18/h3-15H,2,17H2,1H3,(H,28,29)/b20-13-. The maximum absolute atomic E-state index is 12.5. The zero-order valence-corrected chi connectivity index (χ0v) is 18.6. The Morgan fingerprint density at radius 3 is 2.58 bits per heavy atom. The molecule has 0 heterocycles. The van der Waals surface area contributed by atoms with Crippen LogP contribution in [-0.4, -0.2) is 12.5 Å². The summed E-state index contributed by atoms with van der Waals surface area (Å²) in [6.45, 7) is 2.86. The molecule has 1 N–H and O–H groups in total. The molecule has 0 aliphatic carbocycles. The summed E-state index contributed by atoms with van der Waals surface area (Å²) >= 11 is 3.49. The summed E-state index contributed by atoms with van der Waals surface area (Å²) in [5.41, 5.74) is 2.32. The van der Waals surface area contributed by atoms with Crippen LogP contribution in [0.4, 0.5) is 5.69 Å². The number of carbonyl (C=O) groups is 1. The average Bonchev–Trinajstić information content (AvgIpc) is 2.78. The van der Waals surface area contributed by atoms with Gasteiger partial charge in [-0.05, 0) is 64.3 Å². The van der Waals surface area contributed by atoms with Crippen molar-refractivity contribution in [2.75, 3.05) is 11.9 Å². The van der Waals surface area contributed by atoms with Crippen LogP contribution < -0.4 is 14.8 Å². The van der Waals surface area contributed by atoms with Crippen LogP contribution in [0.1, 0.15) is 18.1 Å². The Balaban J connectivity index is 1.70. The number of amides is 1. The highest BCUT2D eigenvalue weighted by Gasteiger charge is 2.11. The molecule has 3 rings (SSSR count). The second-order valence-electron chi connectivity index (χ2n) is 6.55. The van der Waals surface area contributed by atoms with Gasteiger partial charge < -0.3 is 14.8 Å². The Morgan fingerprint density at radius 2 is 1.87 bits per heavy atom. The fourth-order valence-corrected chi connectivity index (χ4v) is 3.31. The zero-order valence-electron chi connectivity index (χ0n) is 17.0. The topological polar surface area (TPSA) is 71.3 Å². The van der Waals surface area contributed by atoms with Gasteiger partial charge in [-0.3, -0.25) is 4.79 Å². The van der Waals surface area contributed by atoms with E-state index in [0.717, 1.165) is 10.0 Å². The van der Waals surface area contributed by atoms with Crippen LogP contribution in [0, 0.1) is 11.3 Å². The number of nitriles is 1. The number of anilines is 1. The third-order valence-electron chi connectivity index (χ3n) is 4.27. The Kier molecular flexibility index (Phi) is 7.85. The van der Waals surface area contributed by atoms with Crippen molar-refractivity contribution in [3.8, 4) is 17.6 Å². The summed E-state index contributed by atoms with van der Waals surface area (Å²) in [5.74, 6) is 0.839. The van der Waals surface area contributed by atoms with Crippen LogP contribution in [0.3, 0.4) is 0 Å². The van der Waals surface area contributed by atoms with Gasteiger partial charge in [0.15, 0.2) is 0 Å². The molecular weight excluding hydrogens is 456 g/mol. The lowest BCUT2D eigenvalue weighted by Crippen LogP contribution is -2.13. The van der Waals surface area contributed by atoms with Crippen LogP contribution in [0.2, 0.25) is 0 Å². The molecule has 0 aliphatic heterocycles. The van der Waals surface area contributed by atoms with Crippen LogP contribution in [-0.2, 0) is 11.4 Å². The maximum Gasteiger partial charge on any atom is 0.266 e. The minimum atomic E-state index is -0.489. The Labute approximate surface area is 190 Å². The van der Waals surface area contributed by atoms with E-state index in [2.05, 4.69) is 21.2 Å². The molecule has 156 valence electrons. The first kappa shape index (κ1) is 22.1. The molecule has 0 unspecified atom stereocenters. The van der Waals surface area contributed by atoms with Crippen molar-refractivity contribution in [2.45, 2.75) is 13.5 Å². The van der Waals surface area contributed by atoms with Gasteiger partial charge in [0.1, 0.15) is 29.7 Å². The van der Waals surface area contributed by atoms with Crippen molar-refractivity contribution in [1.29, 1.82) is 5.26 Å². The summed E-state index contributed by atoms with van der Waals surface area (Å²) < 4.78 is 12.0. The molecule has 5 nitrogen and oxygen atoms in total. The Bertz CT molecular complexity index is 1120. The van der Waals surface area contributed by atoms with Gasteiger partial charge in [0.2, 0.25) is 0 Å². The SMILES string of the molecule is CCOc1cccc(NC(=O)/C(C#N)=C\c2ccc(OCc3ccccc3)c(Br)c2)c1. The third-order valence-corrected chi connectivity index (χ3v) is 4.89. The molecule has 0 bridgehead atoms. The number of ether oxygens (including phenoxy) is 2. The van der Waals surface area contributed by atoms with E-state index in [9.17, 15) is 10.1 Å². The normalized spacial score (nSPS) is 10.8. The molecule has 0 fully saturated rings. The zero-order chi connectivity index (χ0) is 22.1. The molecule has 3 aromatic carbocycles. The molecule has 6 heteroatoms. The van der Waals surface area contributed by atoms with Gasteiger partial charge in [0.05, 0.1) is 11.1 Å². The second-order valence-corrected chi connectivity index (χ2v) is 7.40. The van der Waals surface area contributed by atoms with E-state index in [0.29, 0.717) is 36.0 Å². The molecule has 0 spiro atoms. The number of halogens is 1. The molecule has 0 radical (unpaired) electrons. The molecule has 0 saturated carbocycles. The summed E-state index contributed by atoms with van der Waals surface area (Å²) in [6, 6.07) is 24.3. The number of benzene rings is 3. The molecule has 0 atom stereocenters. The first-order valence-electron chi connectivity index (χ1n) is 9.71. The maximum atomic E-state index is 12.5. The van der Waals surface area contributed by atoms with E-state index in [-0.39, 0.29) is 5.57 Å². The van der Waals surface area contributed by atoms with E-state index in [1.807, 2.05) is 43.3 Å². The van der Waals surface area contributed by atoms with E-state index in [1.165, 1.54) is 6.08 Å². The molecular formula is C25H21BrN2O3.